The van der Waals surface area contributed by atoms with Gasteiger partial charge in [0.1, 0.15) is 17.1 Å². The summed E-state index contributed by atoms with van der Waals surface area (Å²) in [6.45, 7) is 0.532. The lowest BCUT2D eigenvalue weighted by Gasteiger charge is -2.32. The van der Waals surface area contributed by atoms with Crippen LogP contribution in [0.15, 0.2) is 18.2 Å². The normalized spacial score (nSPS) is 22.2. The summed E-state index contributed by atoms with van der Waals surface area (Å²) in [5.41, 5.74) is 5.63. The highest BCUT2D eigenvalue weighted by Gasteiger charge is 2.27. The van der Waals surface area contributed by atoms with Crippen molar-refractivity contribution in [1.82, 2.24) is 5.32 Å². The van der Waals surface area contributed by atoms with Crippen LogP contribution >= 0.6 is 0 Å². The smallest absolute Gasteiger partial charge is 0.258 e. The van der Waals surface area contributed by atoms with E-state index >= 15 is 0 Å². The molecule has 1 aliphatic rings. The molecule has 3 N–H and O–H groups in total. The first-order valence-corrected chi connectivity index (χ1v) is 5.98. The Morgan fingerprint density at radius 3 is 2.89 bits per heavy atom. The maximum Gasteiger partial charge on any atom is 0.258 e. The summed E-state index contributed by atoms with van der Waals surface area (Å²) in [5.74, 6) is -0.359. The number of rotatable bonds is 4. The lowest BCUT2D eigenvalue weighted by atomic mass is 9.81. The number of halogens is 1. The zero-order chi connectivity index (χ0) is 13.1. The third-order valence-electron chi connectivity index (χ3n) is 3.25. The number of ether oxygens (including phenoxy) is 1. The van der Waals surface area contributed by atoms with Crippen molar-refractivity contribution in [3.8, 4) is 5.75 Å². The molecule has 1 fully saturated rings. The Balaban J connectivity index is 2.00. The van der Waals surface area contributed by atoms with Crippen molar-refractivity contribution in [2.24, 2.45) is 11.7 Å². The average molecular weight is 252 g/mol. The quantitative estimate of drug-likeness (QED) is 0.849. The van der Waals surface area contributed by atoms with E-state index in [4.69, 9.17) is 10.5 Å². The summed E-state index contributed by atoms with van der Waals surface area (Å²) in [5, 5.41) is 2.72. The first-order chi connectivity index (χ1) is 8.61. The zero-order valence-corrected chi connectivity index (χ0v) is 10.3. The molecule has 0 unspecified atom stereocenters. The van der Waals surface area contributed by atoms with Crippen molar-refractivity contribution < 1.29 is 13.9 Å². The van der Waals surface area contributed by atoms with Gasteiger partial charge in [-0.25, -0.2) is 4.39 Å². The Kier molecular flexibility index (Phi) is 3.81. The summed E-state index contributed by atoms with van der Waals surface area (Å²) in [6.07, 6.45) is 1.82. The first kappa shape index (κ1) is 12.8. The van der Waals surface area contributed by atoms with Crippen LogP contribution in [0.3, 0.4) is 0 Å². The highest BCUT2D eigenvalue weighted by Crippen LogP contribution is 2.25. The van der Waals surface area contributed by atoms with Crippen LogP contribution in [-0.2, 0) is 0 Å². The monoisotopic (exact) mass is 252 g/mol. The fourth-order valence-electron chi connectivity index (χ4n) is 2.17. The number of carbonyl (C=O) groups is 1. The SMILES string of the molecule is COc1cccc(F)c1C(=O)NCC1CC(N)C1. The van der Waals surface area contributed by atoms with Crippen LogP contribution < -0.4 is 15.8 Å². The van der Waals surface area contributed by atoms with E-state index in [0.29, 0.717) is 12.5 Å². The van der Waals surface area contributed by atoms with E-state index < -0.39 is 11.7 Å². The van der Waals surface area contributed by atoms with E-state index in [0.717, 1.165) is 12.8 Å². The fourth-order valence-corrected chi connectivity index (χ4v) is 2.17. The Hall–Kier alpha value is -1.62. The van der Waals surface area contributed by atoms with Crippen LogP contribution in [0.5, 0.6) is 5.75 Å². The van der Waals surface area contributed by atoms with Gasteiger partial charge in [-0.05, 0) is 30.9 Å². The Morgan fingerprint density at radius 1 is 1.56 bits per heavy atom. The molecule has 1 aliphatic carbocycles. The number of hydrogen-bond acceptors (Lipinski definition) is 3. The van der Waals surface area contributed by atoms with Crippen molar-refractivity contribution in [2.75, 3.05) is 13.7 Å². The van der Waals surface area contributed by atoms with E-state index in [1.165, 1.54) is 19.2 Å². The molecule has 1 amide bonds. The van der Waals surface area contributed by atoms with E-state index in [1.54, 1.807) is 6.07 Å². The molecule has 1 saturated carbocycles. The Morgan fingerprint density at radius 2 is 2.28 bits per heavy atom. The minimum absolute atomic E-state index is 0.0383. The van der Waals surface area contributed by atoms with Crippen LogP contribution in [0.2, 0.25) is 0 Å². The minimum atomic E-state index is -0.572. The van der Waals surface area contributed by atoms with E-state index in [-0.39, 0.29) is 17.4 Å². The number of nitrogens with one attached hydrogen (secondary N) is 1. The standard InChI is InChI=1S/C13H17FN2O2/c1-18-11-4-2-3-10(14)12(11)13(17)16-7-8-5-9(15)6-8/h2-4,8-9H,5-7,15H2,1H3,(H,16,17). The third kappa shape index (κ3) is 2.61. The van der Waals surface area contributed by atoms with Crippen LogP contribution in [0.4, 0.5) is 4.39 Å². The predicted octanol–water partition coefficient (Wildman–Crippen LogP) is 1.30. The summed E-state index contributed by atoms with van der Waals surface area (Å²) >= 11 is 0. The molecule has 2 rings (SSSR count). The summed E-state index contributed by atoms with van der Waals surface area (Å²) in [7, 11) is 1.41. The number of amides is 1. The molecule has 5 heteroatoms. The lowest BCUT2D eigenvalue weighted by Crippen LogP contribution is -2.42. The minimum Gasteiger partial charge on any atom is -0.496 e. The van der Waals surface area contributed by atoms with Gasteiger partial charge in [0.15, 0.2) is 0 Å². The van der Waals surface area contributed by atoms with Crippen molar-refractivity contribution in [3.05, 3.63) is 29.6 Å². The Bertz CT molecular complexity index is 445. The van der Waals surface area contributed by atoms with E-state index in [9.17, 15) is 9.18 Å². The van der Waals surface area contributed by atoms with Crippen LogP contribution in [0.25, 0.3) is 0 Å². The molecule has 0 aromatic heterocycles. The van der Waals surface area contributed by atoms with Crippen molar-refractivity contribution >= 4 is 5.91 Å². The second kappa shape index (κ2) is 5.35. The molecule has 18 heavy (non-hydrogen) atoms. The van der Waals surface area contributed by atoms with Crippen molar-refractivity contribution in [3.63, 3.8) is 0 Å². The molecule has 1 aromatic carbocycles. The number of methoxy groups -OCH3 is 1. The van der Waals surface area contributed by atoms with Gasteiger partial charge in [0, 0.05) is 12.6 Å². The van der Waals surface area contributed by atoms with Gasteiger partial charge in [-0.3, -0.25) is 4.79 Å². The molecule has 0 aliphatic heterocycles. The van der Waals surface area contributed by atoms with E-state index in [2.05, 4.69) is 5.32 Å². The van der Waals surface area contributed by atoms with Gasteiger partial charge in [0.2, 0.25) is 0 Å². The molecular weight excluding hydrogens is 235 g/mol. The second-order valence-electron chi connectivity index (χ2n) is 4.62. The summed E-state index contributed by atoms with van der Waals surface area (Å²) in [6, 6.07) is 4.57. The summed E-state index contributed by atoms with van der Waals surface area (Å²) < 4.78 is 18.6. The molecule has 0 atom stereocenters. The fraction of sp³-hybridized carbons (Fsp3) is 0.462. The zero-order valence-electron chi connectivity index (χ0n) is 10.3. The highest BCUT2D eigenvalue weighted by molar-refractivity contribution is 5.97. The lowest BCUT2D eigenvalue weighted by molar-refractivity contribution is 0.0928. The van der Waals surface area contributed by atoms with Gasteiger partial charge in [-0.15, -0.1) is 0 Å². The van der Waals surface area contributed by atoms with Gasteiger partial charge in [0.05, 0.1) is 7.11 Å². The van der Waals surface area contributed by atoms with Crippen LogP contribution in [0.1, 0.15) is 23.2 Å². The first-order valence-electron chi connectivity index (χ1n) is 5.98. The maximum absolute atomic E-state index is 13.6. The molecule has 0 heterocycles. The number of carbonyl (C=O) groups excluding carboxylic acids is 1. The van der Waals surface area contributed by atoms with Gasteiger partial charge < -0.3 is 15.8 Å². The largest absolute Gasteiger partial charge is 0.496 e. The number of hydrogen-bond donors (Lipinski definition) is 2. The van der Waals surface area contributed by atoms with Crippen LogP contribution in [-0.4, -0.2) is 25.6 Å². The van der Waals surface area contributed by atoms with Crippen molar-refractivity contribution in [1.29, 1.82) is 0 Å². The van der Waals surface area contributed by atoms with Gasteiger partial charge in [0.25, 0.3) is 5.91 Å². The topological polar surface area (TPSA) is 64.3 Å². The molecule has 0 saturated heterocycles. The number of benzene rings is 1. The van der Waals surface area contributed by atoms with Gasteiger partial charge in [-0.2, -0.15) is 0 Å². The molecule has 1 aromatic rings. The summed E-state index contributed by atoms with van der Waals surface area (Å²) in [4.78, 5) is 11.9. The number of nitrogens with two attached hydrogens (primary N) is 1. The van der Waals surface area contributed by atoms with Crippen LogP contribution in [0, 0.1) is 11.7 Å². The van der Waals surface area contributed by atoms with E-state index in [1.807, 2.05) is 0 Å². The molecule has 0 bridgehead atoms. The Labute approximate surface area is 105 Å². The average Bonchev–Trinajstić information content (AvgIpc) is 2.32. The second-order valence-corrected chi connectivity index (χ2v) is 4.62. The third-order valence-corrected chi connectivity index (χ3v) is 3.25. The molecule has 0 spiro atoms. The molecule has 4 nitrogen and oxygen atoms in total. The van der Waals surface area contributed by atoms with Crippen molar-refractivity contribution in [2.45, 2.75) is 18.9 Å². The van der Waals surface area contributed by atoms with Gasteiger partial charge >= 0.3 is 0 Å². The van der Waals surface area contributed by atoms with Gasteiger partial charge in [-0.1, -0.05) is 6.07 Å². The molecule has 0 radical (unpaired) electrons. The maximum atomic E-state index is 13.6. The molecular formula is C13H17FN2O2. The molecule has 98 valence electrons. The predicted molar refractivity (Wildman–Crippen MR) is 66.0 cm³/mol. The highest BCUT2D eigenvalue weighted by atomic mass is 19.1.